The van der Waals surface area contributed by atoms with E-state index in [1.54, 1.807) is 0 Å². The Morgan fingerprint density at radius 2 is 2.29 bits per heavy atom. The molecule has 1 aliphatic rings. The van der Waals surface area contributed by atoms with E-state index in [0.29, 0.717) is 6.54 Å². The van der Waals surface area contributed by atoms with Gasteiger partial charge in [-0.1, -0.05) is 17.7 Å². The predicted octanol–water partition coefficient (Wildman–Crippen LogP) is 3.00. The van der Waals surface area contributed by atoms with Crippen LogP contribution in [0.1, 0.15) is 12.0 Å². The number of benzene rings is 1. The van der Waals surface area contributed by atoms with Crippen LogP contribution >= 0.6 is 58.2 Å². The van der Waals surface area contributed by atoms with Gasteiger partial charge in [0.25, 0.3) is 0 Å². The zero-order valence-electron chi connectivity index (χ0n) is 9.17. The summed E-state index contributed by atoms with van der Waals surface area (Å²) >= 11 is 8.39. The molecule has 17 heavy (non-hydrogen) atoms. The summed E-state index contributed by atoms with van der Waals surface area (Å²) in [4.78, 5) is 4.34. The van der Waals surface area contributed by atoms with Gasteiger partial charge >= 0.3 is 0 Å². The Kier molecular flexibility index (Phi) is 6.86. The van der Waals surface area contributed by atoms with E-state index in [4.69, 9.17) is 11.6 Å². The van der Waals surface area contributed by atoms with E-state index in [2.05, 4.69) is 44.3 Å². The van der Waals surface area contributed by atoms with Crippen LogP contribution in [0, 0.1) is 3.57 Å². The second-order valence-corrected chi connectivity index (χ2v) is 5.25. The van der Waals surface area contributed by atoms with Gasteiger partial charge in [0.1, 0.15) is 0 Å². The van der Waals surface area contributed by atoms with Crippen LogP contribution in [0.4, 0.5) is 0 Å². The van der Waals surface area contributed by atoms with Gasteiger partial charge in [0, 0.05) is 28.2 Å². The zero-order valence-corrected chi connectivity index (χ0v) is 14.4. The SMILES string of the molecule is Clc1cc(I)ccc1CNC1=NCCCN1.I. The minimum absolute atomic E-state index is 0. The molecule has 0 fully saturated rings. The molecule has 0 aromatic heterocycles. The van der Waals surface area contributed by atoms with Gasteiger partial charge in [-0.25, -0.2) is 0 Å². The summed E-state index contributed by atoms with van der Waals surface area (Å²) in [6.07, 6.45) is 1.11. The third-order valence-electron chi connectivity index (χ3n) is 2.36. The lowest BCUT2D eigenvalue weighted by molar-refractivity contribution is 0.702. The van der Waals surface area contributed by atoms with E-state index >= 15 is 0 Å². The maximum Gasteiger partial charge on any atom is 0.191 e. The molecule has 1 aromatic carbocycles. The highest BCUT2D eigenvalue weighted by molar-refractivity contribution is 14.1. The van der Waals surface area contributed by atoms with Crippen LogP contribution in [0.3, 0.4) is 0 Å². The number of hydrogen-bond acceptors (Lipinski definition) is 3. The maximum absolute atomic E-state index is 6.14. The highest BCUT2D eigenvalue weighted by atomic mass is 127. The Bertz CT molecular complexity index is 410. The van der Waals surface area contributed by atoms with E-state index in [-0.39, 0.29) is 24.0 Å². The Balaban J connectivity index is 0.00000144. The lowest BCUT2D eigenvalue weighted by Crippen LogP contribution is -2.40. The highest BCUT2D eigenvalue weighted by Gasteiger charge is 2.05. The van der Waals surface area contributed by atoms with Crippen LogP contribution in [0.15, 0.2) is 23.2 Å². The molecule has 0 amide bonds. The summed E-state index contributed by atoms with van der Waals surface area (Å²) in [6, 6.07) is 6.06. The molecule has 0 aliphatic carbocycles. The summed E-state index contributed by atoms with van der Waals surface area (Å²) in [5, 5.41) is 7.27. The Morgan fingerprint density at radius 3 is 2.94 bits per heavy atom. The summed E-state index contributed by atoms with van der Waals surface area (Å²) in [7, 11) is 0. The van der Waals surface area contributed by atoms with E-state index in [1.165, 1.54) is 0 Å². The molecule has 3 nitrogen and oxygen atoms in total. The van der Waals surface area contributed by atoms with Gasteiger partial charge in [-0.3, -0.25) is 4.99 Å². The fourth-order valence-electron chi connectivity index (χ4n) is 1.50. The van der Waals surface area contributed by atoms with Crippen LogP contribution in [0.2, 0.25) is 5.02 Å². The third-order valence-corrected chi connectivity index (χ3v) is 3.38. The van der Waals surface area contributed by atoms with Crippen molar-refractivity contribution in [2.75, 3.05) is 13.1 Å². The molecule has 2 N–H and O–H groups in total. The Labute approximate surface area is 137 Å². The van der Waals surface area contributed by atoms with E-state index in [9.17, 15) is 0 Å². The molecule has 0 saturated heterocycles. The number of hydrogen-bond donors (Lipinski definition) is 2. The standard InChI is InChI=1S/C11H13ClIN3.HI/c12-10-6-9(13)3-2-8(10)7-16-11-14-4-1-5-15-11;/h2-3,6H,1,4-5,7H2,(H2,14,15,16);1H. The molecule has 0 saturated carbocycles. The van der Waals surface area contributed by atoms with Crippen molar-refractivity contribution in [1.29, 1.82) is 0 Å². The van der Waals surface area contributed by atoms with Crippen molar-refractivity contribution >= 4 is 64.1 Å². The van der Waals surface area contributed by atoms with Gasteiger partial charge in [0.15, 0.2) is 5.96 Å². The van der Waals surface area contributed by atoms with E-state index < -0.39 is 0 Å². The highest BCUT2D eigenvalue weighted by Crippen LogP contribution is 2.18. The lowest BCUT2D eigenvalue weighted by atomic mass is 10.2. The van der Waals surface area contributed by atoms with Crippen molar-refractivity contribution in [3.63, 3.8) is 0 Å². The van der Waals surface area contributed by atoms with E-state index in [1.807, 2.05) is 12.1 Å². The van der Waals surface area contributed by atoms with Crippen LogP contribution in [0.25, 0.3) is 0 Å². The minimum atomic E-state index is 0. The quantitative estimate of drug-likeness (QED) is 0.643. The fraction of sp³-hybridized carbons (Fsp3) is 0.364. The van der Waals surface area contributed by atoms with E-state index in [0.717, 1.165) is 39.6 Å². The van der Waals surface area contributed by atoms with Crippen molar-refractivity contribution in [1.82, 2.24) is 10.6 Å². The fourth-order valence-corrected chi connectivity index (χ4v) is 2.42. The first-order valence-electron chi connectivity index (χ1n) is 5.22. The van der Waals surface area contributed by atoms with Crippen LogP contribution in [-0.2, 0) is 6.54 Å². The number of nitrogens with zero attached hydrogens (tertiary/aromatic N) is 1. The summed E-state index contributed by atoms with van der Waals surface area (Å²) < 4.78 is 1.15. The second-order valence-electron chi connectivity index (χ2n) is 3.60. The molecule has 1 aromatic rings. The molecule has 0 unspecified atom stereocenters. The largest absolute Gasteiger partial charge is 0.356 e. The summed E-state index contributed by atoms with van der Waals surface area (Å²) in [5.74, 6) is 0.876. The average molecular weight is 478 g/mol. The molecule has 1 aliphatic heterocycles. The molecule has 2 rings (SSSR count). The second kappa shape index (κ2) is 7.63. The molecule has 0 atom stereocenters. The average Bonchev–Trinajstić information content (AvgIpc) is 2.29. The number of nitrogens with one attached hydrogen (secondary N) is 2. The molecule has 0 bridgehead atoms. The van der Waals surface area contributed by atoms with Crippen LogP contribution < -0.4 is 10.6 Å². The molecule has 6 heteroatoms. The summed E-state index contributed by atoms with van der Waals surface area (Å²) in [5.41, 5.74) is 1.09. The number of guanidine groups is 1. The first-order chi connectivity index (χ1) is 7.75. The van der Waals surface area contributed by atoms with Crippen LogP contribution in [-0.4, -0.2) is 19.0 Å². The molecular formula is C11H14ClI2N3. The lowest BCUT2D eigenvalue weighted by Gasteiger charge is -2.16. The van der Waals surface area contributed by atoms with Crippen molar-refractivity contribution < 1.29 is 0 Å². The topological polar surface area (TPSA) is 36.4 Å². The van der Waals surface area contributed by atoms with Gasteiger partial charge in [-0.05, 0) is 46.7 Å². The van der Waals surface area contributed by atoms with Crippen molar-refractivity contribution in [3.05, 3.63) is 32.4 Å². The molecule has 0 spiro atoms. The van der Waals surface area contributed by atoms with Gasteiger partial charge in [0.2, 0.25) is 0 Å². The van der Waals surface area contributed by atoms with Crippen molar-refractivity contribution in [2.45, 2.75) is 13.0 Å². The predicted molar refractivity (Wildman–Crippen MR) is 91.3 cm³/mol. The van der Waals surface area contributed by atoms with Gasteiger partial charge in [-0.15, -0.1) is 24.0 Å². The van der Waals surface area contributed by atoms with Crippen molar-refractivity contribution in [3.8, 4) is 0 Å². The summed E-state index contributed by atoms with van der Waals surface area (Å²) in [6.45, 7) is 2.60. The normalized spacial score (nSPS) is 14.4. The van der Waals surface area contributed by atoms with Gasteiger partial charge in [-0.2, -0.15) is 0 Å². The first-order valence-corrected chi connectivity index (χ1v) is 6.67. The van der Waals surface area contributed by atoms with Gasteiger partial charge < -0.3 is 10.6 Å². The molecule has 94 valence electrons. The first kappa shape index (κ1) is 15.3. The molecular weight excluding hydrogens is 463 g/mol. The van der Waals surface area contributed by atoms with Crippen molar-refractivity contribution in [2.24, 2.45) is 4.99 Å². The number of rotatable bonds is 2. The monoisotopic (exact) mass is 477 g/mol. The van der Waals surface area contributed by atoms with Gasteiger partial charge in [0.05, 0.1) is 0 Å². The zero-order chi connectivity index (χ0) is 11.4. The minimum Gasteiger partial charge on any atom is -0.356 e. The molecule has 0 radical (unpaired) electrons. The number of halogens is 3. The Morgan fingerprint density at radius 1 is 1.47 bits per heavy atom. The number of aliphatic imine (C=N–C) groups is 1. The maximum atomic E-state index is 6.14. The van der Waals surface area contributed by atoms with Crippen LogP contribution in [0.5, 0.6) is 0 Å². The molecule has 1 heterocycles. The Hall–Kier alpha value is 0.240. The smallest absolute Gasteiger partial charge is 0.191 e. The third kappa shape index (κ3) is 4.78.